The van der Waals surface area contributed by atoms with E-state index in [1.165, 1.54) is 6.07 Å². The number of carbonyl (C=O) groups excluding carboxylic acids is 1. The Balaban J connectivity index is 1.40. The van der Waals surface area contributed by atoms with Crippen LogP contribution >= 0.6 is 11.8 Å². The first-order valence-electron chi connectivity index (χ1n) is 8.36. The van der Waals surface area contributed by atoms with Crippen molar-refractivity contribution in [2.24, 2.45) is 0 Å². The van der Waals surface area contributed by atoms with Crippen molar-refractivity contribution in [1.82, 2.24) is 14.9 Å². The van der Waals surface area contributed by atoms with Gasteiger partial charge in [-0.1, -0.05) is 30.3 Å². The highest BCUT2D eigenvalue weighted by Crippen LogP contribution is 2.14. The minimum absolute atomic E-state index is 0.0920. The summed E-state index contributed by atoms with van der Waals surface area (Å²) in [4.78, 5) is 16.2. The number of carbonyl (C=O) groups is 1. The largest absolute Gasteiger partial charge is 0.351 e. The molecule has 0 aliphatic heterocycles. The van der Waals surface area contributed by atoms with Crippen molar-refractivity contribution < 1.29 is 9.18 Å². The van der Waals surface area contributed by atoms with Crippen LogP contribution in [0.25, 0.3) is 0 Å². The van der Waals surface area contributed by atoms with Gasteiger partial charge in [-0.05, 0) is 29.3 Å². The number of thioether (sulfide) groups is 1. The lowest BCUT2D eigenvalue weighted by Crippen LogP contribution is -2.25. The maximum Gasteiger partial charge on any atom is 0.251 e. The molecule has 0 bridgehead atoms. The molecule has 0 saturated carbocycles. The number of imidazole rings is 1. The molecule has 3 aromatic rings. The van der Waals surface area contributed by atoms with Crippen molar-refractivity contribution in [1.29, 1.82) is 0 Å². The van der Waals surface area contributed by atoms with Crippen LogP contribution in [0.2, 0.25) is 0 Å². The third-order valence-electron chi connectivity index (χ3n) is 3.89. The minimum atomic E-state index is -0.181. The summed E-state index contributed by atoms with van der Waals surface area (Å²) in [6, 6.07) is 14.3. The summed E-state index contributed by atoms with van der Waals surface area (Å²) < 4.78 is 15.5. The average Bonchev–Trinajstić information content (AvgIpc) is 3.16. The molecule has 0 aliphatic rings. The lowest BCUT2D eigenvalue weighted by Gasteiger charge is -2.07. The highest BCUT2D eigenvalue weighted by molar-refractivity contribution is 7.98. The van der Waals surface area contributed by atoms with E-state index in [4.69, 9.17) is 0 Å². The standard InChI is InChI=1S/C20H20FN3OS/c21-19-4-2-1-3-18(19)14-26-12-10-23-20(25)17-7-5-16(6-8-17)13-24-11-9-22-15-24/h1-9,11,15H,10,12-14H2,(H,23,25). The maximum absolute atomic E-state index is 13.5. The van der Waals surface area contributed by atoms with E-state index in [0.717, 1.165) is 17.9 Å². The van der Waals surface area contributed by atoms with Crippen LogP contribution < -0.4 is 5.32 Å². The number of hydrogen-bond acceptors (Lipinski definition) is 3. The Hall–Kier alpha value is -2.60. The van der Waals surface area contributed by atoms with Crippen molar-refractivity contribution >= 4 is 17.7 Å². The van der Waals surface area contributed by atoms with Crippen LogP contribution in [0.5, 0.6) is 0 Å². The van der Waals surface area contributed by atoms with Gasteiger partial charge in [0.05, 0.1) is 6.33 Å². The molecule has 26 heavy (non-hydrogen) atoms. The molecule has 0 radical (unpaired) electrons. The number of amides is 1. The molecule has 1 amide bonds. The zero-order valence-electron chi connectivity index (χ0n) is 14.3. The topological polar surface area (TPSA) is 46.9 Å². The number of nitrogens with one attached hydrogen (secondary N) is 1. The molecule has 0 saturated heterocycles. The van der Waals surface area contributed by atoms with Crippen LogP contribution in [0, 0.1) is 5.82 Å². The highest BCUT2D eigenvalue weighted by atomic mass is 32.2. The van der Waals surface area contributed by atoms with Crippen LogP contribution in [0.1, 0.15) is 21.5 Å². The van der Waals surface area contributed by atoms with Crippen LogP contribution in [-0.4, -0.2) is 27.8 Å². The molecule has 0 aliphatic carbocycles. The molecular formula is C20H20FN3OS. The van der Waals surface area contributed by atoms with Gasteiger partial charge in [0.25, 0.3) is 5.91 Å². The SMILES string of the molecule is O=C(NCCSCc1ccccc1F)c1ccc(Cn2ccnc2)cc1. The number of aromatic nitrogens is 2. The van der Waals surface area contributed by atoms with Crippen LogP contribution in [-0.2, 0) is 12.3 Å². The van der Waals surface area contributed by atoms with E-state index in [-0.39, 0.29) is 11.7 Å². The fourth-order valence-corrected chi connectivity index (χ4v) is 3.33. The average molecular weight is 369 g/mol. The van der Waals surface area contributed by atoms with Crippen molar-refractivity contribution in [3.63, 3.8) is 0 Å². The molecule has 0 fully saturated rings. The number of hydrogen-bond donors (Lipinski definition) is 1. The molecule has 1 heterocycles. The molecule has 0 spiro atoms. The second-order valence-corrected chi connectivity index (χ2v) is 6.94. The minimum Gasteiger partial charge on any atom is -0.351 e. The first-order valence-corrected chi connectivity index (χ1v) is 9.52. The lowest BCUT2D eigenvalue weighted by molar-refractivity contribution is 0.0956. The third kappa shape index (κ3) is 5.20. The molecule has 3 rings (SSSR count). The smallest absolute Gasteiger partial charge is 0.251 e. The third-order valence-corrected chi connectivity index (χ3v) is 4.90. The zero-order chi connectivity index (χ0) is 18.2. The Morgan fingerprint density at radius 2 is 1.96 bits per heavy atom. The molecule has 0 atom stereocenters. The van der Waals surface area contributed by atoms with Gasteiger partial charge in [0.15, 0.2) is 0 Å². The Bertz CT molecular complexity index is 835. The van der Waals surface area contributed by atoms with Gasteiger partial charge < -0.3 is 9.88 Å². The van der Waals surface area contributed by atoms with Crippen molar-refractivity contribution in [2.45, 2.75) is 12.3 Å². The van der Waals surface area contributed by atoms with Gasteiger partial charge >= 0.3 is 0 Å². The van der Waals surface area contributed by atoms with Crippen LogP contribution in [0.4, 0.5) is 4.39 Å². The zero-order valence-corrected chi connectivity index (χ0v) is 15.1. The van der Waals surface area contributed by atoms with Crippen molar-refractivity contribution in [2.75, 3.05) is 12.3 Å². The number of benzene rings is 2. The quantitative estimate of drug-likeness (QED) is 0.616. The van der Waals surface area contributed by atoms with Crippen molar-refractivity contribution in [3.05, 3.63) is 89.8 Å². The molecule has 6 heteroatoms. The maximum atomic E-state index is 13.5. The fraction of sp³-hybridized carbons (Fsp3) is 0.200. The fourth-order valence-electron chi connectivity index (χ4n) is 2.49. The van der Waals surface area contributed by atoms with E-state index >= 15 is 0 Å². The van der Waals surface area contributed by atoms with E-state index in [0.29, 0.717) is 23.4 Å². The summed E-state index contributed by atoms with van der Waals surface area (Å²) in [5, 5.41) is 2.90. The van der Waals surface area contributed by atoms with E-state index in [2.05, 4.69) is 10.3 Å². The summed E-state index contributed by atoms with van der Waals surface area (Å²) in [7, 11) is 0. The lowest BCUT2D eigenvalue weighted by atomic mass is 10.1. The monoisotopic (exact) mass is 369 g/mol. The van der Waals surface area contributed by atoms with Gasteiger partial charge in [-0.2, -0.15) is 11.8 Å². The predicted octanol–water partition coefficient (Wildman–Crippen LogP) is 3.73. The van der Waals surface area contributed by atoms with Crippen LogP contribution in [0.3, 0.4) is 0 Å². The summed E-state index contributed by atoms with van der Waals surface area (Å²) in [5.74, 6) is 1.06. The normalized spacial score (nSPS) is 10.7. The van der Waals surface area contributed by atoms with Gasteiger partial charge in [-0.3, -0.25) is 4.79 Å². The predicted molar refractivity (Wildman–Crippen MR) is 103 cm³/mol. The van der Waals surface area contributed by atoms with Crippen molar-refractivity contribution in [3.8, 4) is 0 Å². The van der Waals surface area contributed by atoms with E-state index in [1.54, 1.807) is 36.4 Å². The van der Waals surface area contributed by atoms with Gasteiger partial charge in [-0.25, -0.2) is 9.37 Å². The molecular weight excluding hydrogens is 349 g/mol. The summed E-state index contributed by atoms with van der Waals surface area (Å²) >= 11 is 1.60. The summed E-state index contributed by atoms with van der Waals surface area (Å²) in [6.45, 7) is 1.28. The number of nitrogens with zero attached hydrogens (tertiary/aromatic N) is 2. The Kier molecular flexibility index (Phi) is 6.44. The second-order valence-electron chi connectivity index (χ2n) is 5.83. The van der Waals surface area contributed by atoms with Gasteiger partial charge in [0.1, 0.15) is 5.82 Å². The molecule has 0 unspecified atom stereocenters. The number of halogens is 1. The first kappa shape index (κ1) is 18.2. The van der Waals surface area contributed by atoms with Gasteiger partial charge in [0.2, 0.25) is 0 Å². The molecule has 1 aromatic heterocycles. The van der Waals surface area contributed by atoms with Gasteiger partial charge in [0, 0.05) is 42.6 Å². The molecule has 134 valence electrons. The summed E-state index contributed by atoms with van der Waals surface area (Å²) in [6.07, 6.45) is 5.41. The molecule has 4 nitrogen and oxygen atoms in total. The van der Waals surface area contributed by atoms with Crippen LogP contribution in [0.15, 0.2) is 67.3 Å². The Morgan fingerprint density at radius 3 is 2.69 bits per heavy atom. The Morgan fingerprint density at radius 1 is 1.15 bits per heavy atom. The first-order chi connectivity index (χ1) is 12.7. The second kappa shape index (κ2) is 9.20. The van der Waals surface area contributed by atoms with E-state index in [1.807, 2.05) is 41.1 Å². The molecule has 2 aromatic carbocycles. The van der Waals surface area contributed by atoms with E-state index in [9.17, 15) is 9.18 Å². The number of rotatable bonds is 8. The Labute approximate surface area is 156 Å². The molecule has 1 N–H and O–H groups in total. The van der Waals surface area contributed by atoms with E-state index < -0.39 is 0 Å². The summed E-state index contributed by atoms with van der Waals surface area (Å²) in [5.41, 5.74) is 2.44. The highest BCUT2D eigenvalue weighted by Gasteiger charge is 2.05. The van der Waals surface area contributed by atoms with Gasteiger partial charge in [-0.15, -0.1) is 0 Å².